The predicted octanol–water partition coefficient (Wildman–Crippen LogP) is -0.145. The van der Waals surface area contributed by atoms with Gasteiger partial charge < -0.3 is 45.1 Å². The number of rotatable bonds is 4. The molecule has 176 valence electrons. The van der Waals surface area contributed by atoms with Crippen LogP contribution in [0.5, 0.6) is 0 Å². The average molecular weight is 453 g/mol. The first-order chi connectivity index (χ1) is 13.5. The quantitative estimate of drug-likeness (QED) is 0.369. The van der Waals surface area contributed by atoms with Crippen molar-refractivity contribution in [3.8, 4) is 0 Å². The first-order valence-electron chi connectivity index (χ1n) is 10.6. The zero-order valence-electron chi connectivity index (χ0n) is 18.5. The van der Waals surface area contributed by atoms with Gasteiger partial charge in [-0.15, -0.1) is 12.4 Å². The van der Waals surface area contributed by atoms with Crippen LogP contribution in [0.15, 0.2) is 0 Å². The lowest BCUT2D eigenvalue weighted by Gasteiger charge is -2.23. The fourth-order valence-electron chi connectivity index (χ4n) is 5.05. The summed E-state index contributed by atoms with van der Waals surface area (Å²) in [6.45, 7) is 9.42. The van der Waals surface area contributed by atoms with Crippen LogP contribution in [0.1, 0.15) is 40.5 Å². The van der Waals surface area contributed by atoms with Crippen molar-refractivity contribution >= 4 is 19.5 Å². The van der Waals surface area contributed by atoms with E-state index in [4.69, 9.17) is 29.8 Å². The Morgan fingerprint density at radius 1 is 0.867 bits per heavy atom. The molecule has 9 nitrogen and oxygen atoms in total. The van der Waals surface area contributed by atoms with Crippen LogP contribution in [0.2, 0.25) is 6.82 Å². The molecule has 4 aliphatic rings. The SMILES string of the molecule is CB(O)N[C@@H]1C[C@H](CO)[C@H]2OC(C)(C)O[C@H]21.CC1(C)O[C@@H]2[C@@H](CO)C[C@@H](N)[C@@H]2O1.Cl. The molecule has 6 N–H and O–H groups in total. The van der Waals surface area contributed by atoms with Crippen LogP contribution in [0.4, 0.5) is 0 Å². The minimum absolute atomic E-state index is 0. The van der Waals surface area contributed by atoms with Crippen molar-refractivity contribution in [2.24, 2.45) is 17.6 Å². The van der Waals surface area contributed by atoms with Gasteiger partial charge in [-0.05, 0) is 47.4 Å². The van der Waals surface area contributed by atoms with Crippen LogP contribution >= 0.6 is 12.4 Å². The third-order valence-electron chi connectivity index (χ3n) is 6.13. The molecule has 2 heterocycles. The summed E-state index contributed by atoms with van der Waals surface area (Å²) < 4.78 is 22.9. The highest BCUT2D eigenvalue weighted by Crippen LogP contribution is 2.42. The molecule has 4 fully saturated rings. The average Bonchev–Trinajstić information content (AvgIpc) is 3.27. The maximum absolute atomic E-state index is 9.35. The topological polar surface area (TPSA) is 136 Å². The summed E-state index contributed by atoms with van der Waals surface area (Å²) in [6, 6.07) is 0.0489. The summed E-state index contributed by atoms with van der Waals surface area (Å²) in [7, 11) is -0.574. The highest BCUT2D eigenvalue weighted by molar-refractivity contribution is 6.45. The number of ether oxygens (including phenoxy) is 4. The Bertz CT molecular complexity index is 571. The summed E-state index contributed by atoms with van der Waals surface area (Å²) in [5, 5.41) is 30.8. The van der Waals surface area contributed by atoms with E-state index in [-0.39, 0.29) is 74.0 Å². The Labute approximate surface area is 185 Å². The maximum Gasteiger partial charge on any atom is 0.373 e. The lowest BCUT2D eigenvalue weighted by atomic mass is 9.86. The van der Waals surface area contributed by atoms with E-state index in [0.29, 0.717) is 0 Å². The van der Waals surface area contributed by atoms with Crippen molar-refractivity contribution in [1.29, 1.82) is 0 Å². The number of nitrogens with two attached hydrogens (primary N) is 1. The van der Waals surface area contributed by atoms with Gasteiger partial charge in [-0.25, -0.2) is 0 Å². The molecule has 2 aliphatic heterocycles. The molecule has 2 aliphatic carbocycles. The van der Waals surface area contributed by atoms with Crippen LogP contribution in [0.3, 0.4) is 0 Å². The number of aliphatic hydroxyl groups is 2. The maximum atomic E-state index is 9.35. The number of aliphatic hydroxyl groups excluding tert-OH is 2. The van der Waals surface area contributed by atoms with Crippen LogP contribution in [-0.2, 0) is 18.9 Å². The first-order valence-corrected chi connectivity index (χ1v) is 10.6. The van der Waals surface area contributed by atoms with Gasteiger partial charge in [0.25, 0.3) is 0 Å². The smallest absolute Gasteiger partial charge is 0.373 e. The molecule has 2 saturated heterocycles. The number of nitrogens with one attached hydrogen (secondary N) is 1. The van der Waals surface area contributed by atoms with Crippen molar-refractivity contribution in [3.63, 3.8) is 0 Å². The van der Waals surface area contributed by atoms with Crippen molar-refractivity contribution in [2.45, 2.75) is 95.4 Å². The number of hydrogen-bond donors (Lipinski definition) is 5. The minimum atomic E-state index is -0.595. The van der Waals surface area contributed by atoms with Crippen LogP contribution in [-0.4, -0.2) is 83.6 Å². The van der Waals surface area contributed by atoms with E-state index in [0.717, 1.165) is 12.8 Å². The van der Waals surface area contributed by atoms with Crippen LogP contribution < -0.4 is 11.0 Å². The van der Waals surface area contributed by atoms with Gasteiger partial charge in [-0.1, -0.05) is 0 Å². The summed E-state index contributed by atoms with van der Waals surface area (Å²) >= 11 is 0. The molecule has 0 radical (unpaired) electrons. The second kappa shape index (κ2) is 9.86. The fourth-order valence-corrected chi connectivity index (χ4v) is 5.05. The van der Waals surface area contributed by atoms with E-state index >= 15 is 0 Å². The van der Waals surface area contributed by atoms with E-state index in [1.54, 1.807) is 6.82 Å². The Kier molecular flexibility index (Phi) is 8.63. The highest BCUT2D eigenvalue weighted by atomic mass is 35.5. The normalized spacial score (nSPS) is 42.7. The van der Waals surface area contributed by atoms with E-state index in [1.807, 2.05) is 27.7 Å². The molecular formula is C19H38BClN2O7. The zero-order chi connectivity index (χ0) is 21.6. The predicted molar refractivity (Wildman–Crippen MR) is 114 cm³/mol. The molecule has 0 amide bonds. The van der Waals surface area contributed by atoms with Crippen molar-refractivity contribution in [3.05, 3.63) is 0 Å². The van der Waals surface area contributed by atoms with Gasteiger partial charge in [0.2, 0.25) is 0 Å². The molecule has 4 rings (SSSR count). The summed E-state index contributed by atoms with van der Waals surface area (Å²) in [4.78, 5) is 0. The molecule has 0 spiro atoms. The van der Waals surface area contributed by atoms with E-state index < -0.39 is 18.6 Å². The first kappa shape index (κ1) is 26.2. The largest absolute Gasteiger partial charge is 0.437 e. The monoisotopic (exact) mass is 452 g/mol. The Balaban J connectivity index is 0.000000211. The highest BCUT2D eigenvalue weighted by Gasteiger charge is 2.54. The second-order valence-electron chi connectivity index (χ2n) is 9.60. The van der Waals surface area contributed by atoms with E-state index in [1.165, 1.54) is 0 Å². The summed E-state index contributed by atoms with van der Waals surface area (Å²) in [6.07, 6.45) is 1.36. The lowest BCUT2D eigenvalue weighted by Crippen LogP contribution is -2.46. The molecular weight excluding hydrogens is 414 g/mol. The number of halogens is 1. The molecule has 0 aromatic rings. The zero-order valence-corrected chi connectivity index (χ0v) is 19.3. The fraction of sp³-hybridized carbons (Fsp3) is 1.00. The third-order valence-corrected chi connectivity index (χ3v) is 6.13. The Hall–Kier alpha value is -0.00506. The summed E-state index contributed by atoms with van der Waals surface area (Å²) in [5.74, 6) is -0.910. The van der Waals surface area contributed by atoms with E-state index in [2.05, 4.69) is 5.23 Å². The van der Waals surface area contributed by atoms with Gasteiger partial charge in [0.15, 0.2) is 11.6 Å². The van der Waals surface area contributed by atoms with E-state index in [9.17, 15) is 10.1 Å². The van der Waals surface area contributed by atoms with Gasteiger partial charge in [0.05, 0.1) is 12.2 Å². The molecule has 2 saturated carbocycles. The molecule has 11 heteroatoms. The van der Waals surface area contributed by atoms with Crippen molar-refractivity contribution in [2.75, 3.05) is 13.2 Å². The molecule has 0 unspecified atom stereocenters. The number of hydrogen-bond acceptors (Lipinski definition) is 9. The molecule has 0 aromatic heterocycles. The van der Waals surface area contributed by atoms with Gasteiger partial charge in [0.1, 0.15) is 12.2 Å². The third kappa shape index (κ3) is 5.67. The van der Waals surface area contributed by atoms with Crippen LogP contribution in [0.25, 0.3) is 0 Å². The van der Waals surface area contributed by atoms with Gasteiger partial charge >= 0.3 is 7.05 Å². The Morgan fingerprint density at radius 3 is 1.80 bits per heavy atom. The summed E-state index contributed by atoms with van der Waals surface area (Å²) in [5.41, 5.74) is 5.89. The standard InChI is InChI=1S/C10H20BNO4.C9H17NO3.ClH/c1-10(2)15-8-6(5-13)4-7(9(8)16-10)12-11(3)14;1-9(2)12-7-5(4-11)3-6(10)8(7)13-9;/h6-9,12-14H,4-5H2,1-3H3;5-8,11H,3-4,10H2,1-2H3;1H/t6-,7-,8-,9+;5-,6-,7-,8+;/m11./s1. The molecule has 30 heavy (non-hydrogen) atoms. The molecule has 0 aromatic carbocycles. The van der Waals surface area contributed by atoms with Crippen molar-refractivity contribution < 1.29 is 34.2 Å². The lowest BCUT2D eigenvalue weighted by molar-refractivity contribution is -0.160. The van der Waals surface area contributed by atoms with Gasteiger partial charge in [-0.3, -0.25) is 0 Å². The molecule has 8 atom stereocenters. The van der Waals surface area contributed by atoms with Gasteiger partial charge in [-0.2, -0.15) is 0 Å². The van der Waals surface area contributed by atoms with Gasteiger partial charge in [0, 0.05) is 37.1 Å². The van der Waals surface area contributed by atoms with Crippen molar-refractivity contribution in [1.82, 2.24) is 5.23 Å². The van der Waals surface area contributed by atoms with Crippen LogP contribution in [0, 0.1) is 11.8 Å². The Morgan fingerprint density at radius 2 is 1.30 bits per heavy atom. The molecule has 0 bridgehead atoms. The minimum Gasteiger partial charge on any atom is -0.437 e. The second-order valence-corrected chi connectivity index (χ2v) is 9.60. The number of fused-ring (bicyclic) bond motifs is 2.